The van der Waals surface area contributed by atoms with Crippen molar-refractivity contribution in [2.24, 2.45) is 0 Å². The van der Waals surface area contributed by atoms with Crippen LogP contribution in [0.15, 0.2) is 30.3 Å². The highest BCUT2D eigenvalue weighted by molar-refractivity contribution is 6.00. The van der Waals surface area contributed by atoms with Crippen LogP contribution in [-0.2, 0) is 6.18 Å². The Hall–Kier alpha value is -3.74. The molecule has 0 heterocycles. The Morgan fingerprint density at radius 3 is 2.36 bits per heavy atom. The Morgan fingerprint density at radius 1 is 1.15 bits per heavy atom. The zero-order valence-electron chi connectivity index (χ0n) is 17.8. The molecule has 0 bridgehead atoms. The maximum Gasteiger partial charge on any atom is 0.416 e. The van der Waals surface area contributed by atoms with Crippen LogP contribution >= 0.6 is 0 Å². The minimum absolute atomic E-state index is 0.00136. The van der Waals surface area contributed by atoms with Crippen LogP contribution in [0.25, 0.3) is 0 Å². The summed E-state index contributed by atoms with van der Waals surface area (Å²) in [6.07, 6.45) is -5.88. The molecular formula is C20H21F3N2O8. The number of carbonyl (C=O) groups excluding carboxylic acids is 1. The highest BCUT2D eigenvalue weighted by atomic mass is 19.4. The van der Waals surface area contributed by atoms with Gasteiger partial charge in [0.25, 0.3) is 5.91 Å². The Bertz CT molecular complexity index is 1010. The Labute approximate surface area is 186 Å². The summed E-state index contributed by atoms with van der Waals surface area (Å²) in [5, 5.41) is 23.9. The molecule has 1 amide bonds. The van der Waals surface area contributed by atoms with Gasteiger partial charge in [-0.05, 0) is 18.2 Å². The Kier molecular flexibility index (Phi) is 8.29. The van der Waals surface area contributed by atoms with E-state index >= 15 is 0 Å². The maximum atomic E-state index is 12.8. The molecule has 2 N–H and O–H groups in total. The SMILES string of the molecule is COc1cc(C(=O)NCC(O)COc2cccc(C(F)(F)F)c2)c([N+](=O)[O-])c(OC)c1OC. The Balaban J connectivity index is 2.12. The summed E-state index contributed by atoms with van der Waals surface area (Å²) in [6.45, 7) is -0.857. The fraction of sp³-hybridized carbons (Fsp3) is 0.350. The smallest absolute Gasteiger partial charge is 0.416 e. The summed E-state index contributed by atoms with van der Waals surface area (Å²) in [7, 11) is 3.66. The number of nitro benzene ring substituents is 1. The highest BCUT2D eigenvalue weighted by Crippen LogP contribution is 2.46. The second-order valence-corrected chi connectivity index (χ2v) is 6.50. The van der Waals surface area contributed by atoms with Crippen molar-refractivity contribution in [2.45, 2.75) is 12.3 Å². The molecule has 0 aliphatic carbocycles. The quantitative estimate of drug-likeness (QED) is 0.397. The van der Waals surface area contributed by atoms with Crippen LogP contribution in [0.4, 0.5) is 18.9 Å². The molecule has 0 aliphatic rings. The molecule has 33 heavy (non-hydrogen) atoms. The first-order valence-corrected chi connectivity index (χ1v) is 9.27. The van der Waals surface area contributed by atoms with Gasteiger partial charge in [0.15, 0.2) is 5.75 Å². The molecular weight excluding hydrogens is 453 g/mol. The van der Waals surface area contributed by atoms with Crippen LogP contribution in [0.1, 0.15) is 15.9 Å². The molecule has 1 atom stereocenters. The zero-order chi connectivity index (χ0) is 24.8. The zero-order valence-corrected chi connectivity index (χ0v) is 17.8. The molecule has 13 heteroatoms. The average molecular weight is 474 g/mol. The van der Waals surface area contributed by atoms with E-state index in [1.807, 2.05) is 0 Å². The van der Waals surface area contributed by atoms with Crippen molar-refractivity contribution in [3.8, 4) is 23.0 Å². The standard InChI is InChI=1S/C20H21F3N2O8/c1-30-15-8-14(16(25(28)29)18(32-3)17(15)31-2)19(27)24-9-12(26)10-33-13-6-4-5-11(7-13)20(21,22)23/h4-8,12,26H,9-10H2,1-3H3,(H,24,27). The molecule has 0 saturated heterocycles. The summed E-state index contributed by atoms with van der Waals surface area (Å²) in [5.74, 6) is -1.48. The third-order valence-corrected chi connectivity index (χ3v) is 4.33. The number of methoxy groups -OCH3 is 3. The number of nitro groups is 1. The van der Waals surface area contributed by atoms with Crippen LogP contribution in [0.3, 0.4) is 0 Å². The van der Waals surface area contributed by atoms with Gasteiger partial charge < -0.3 is 29.4 Å². The molecule has 2 aromatic rings. The first-order valence-electron chi connectivity index (χ1n) is 9.27. The van der Waals surface area contributed by atoms with Gasteiger partial charge in [-0.2, -0.15) is 13.2 Å². The summed E-state index contributed by atoms with van der Waals surface area (Å²) in [5.41, 5.74) is -2.01. The van der Waals surface area contributed by atoms with E-state index in [-0.39, 0.29) is 23.0 Å². The van der Waals surface area contributed by atoms with Crippen LogP contribution in [-0.4, -0.2) is 56.5 Å². The predicted molar refractivity (Wildman–Crippen MR) is 108 cm³/mol. The maximum absolute atomic E-state index is 12.8. The number of ether oxygens (including phenoxy) is 4. The second-order valence-electron chi connectivity index (χ2n) is 6.50. The topological polar surface area (TPSA) is 129 Å². The van der Waals surface area contributed by atoms with Crippen molar-refractivity contribution >= 4 is 11.6 Å². The molecule has 0 fully saturated rings. The number of aliphatic hydroxyl groups is 1. The van der Waals surface area contributed by atoms with Crippen LogP contribution in [0, 0.1) is 10.1 Å². The van der Waals surface area contributed by atoms with Gasteiger partial charge in [0.05, 0.1) is 31.8 Å². The lowest BCUT2D eigenvalue weighted by atomic mass is 10.1. The number of alkyl halides is 3. The number of amides is 1. The predicted octanol–water partition coefficient (Wildman–Crippen LogP) is 2.81. The molecule has 0 spiro atoms. The lowest BCUT2D eigenvalue weighted by Crippen LogP contribution is -2.35. The Morgan fingerprint density at radius 2 is 1.82 bits per heavy atom. The largest absolute Gasteiger partial charge is 0.493 e. The lowest BCUT2D eigenvalue weighted by Gasteiger charge is -2.16. The number of nitrogens with zero attached hydrogens (tertiary/aromatic N) is 1. The van der Waals surface area contributed by atoms with Crippen LogP contribution < -0.4 is 24.3 Å². The minimum Gasteiger partial charge on any atom is -0.493 e. The van der Waals surface area contributed by atoms with E-state index in [0.29, 0.717) is 0 Å². The average Bonchev–Trinajstić information content (AvgIpc) is 2.78. The van der Waals surface area contributed by atoms with Gasteiger partial charge in [0.1, 0.15) is 24.0 Å². The van der Waals surface area contributed by atoms with Crippen LogP contribution in [0.5, 0.6) is 23.0 Å². The fourth-order valence-corrected chi connectivity index (χ4v) is 2.81. The molecule has 0 saturated carbocycles. The molecule has 1 unspecified atom stereocenters. The fourth-order valence-electron chi connectivity index (χ4n) is 2.81. The van der Waals surface area contributed by atoms with Gasteiger partial charge >= 0.3 is 11.9 Å². The van der Waals surface area contributed by atoms with Crippen molar-refractivity contribution < 1.29 is 46.9 Å². The monoisotopic (exact) mass is 474 g/mol. The van der Waals surface area contributed by atoms with Gasteiger partial charge in [-0.15, -0.1) is 0 Å². The molecule has 2 aromatic carbocycles. The van der Waals surface area contributed by atoms with Crippen molar-refractivity contribution in [3.05, 3.63) is 51.6 Å². The van der Waals surface area contributed by atoms with Gasteiger partial charge in [-0.1, -0.05) is 6.07 Å². The van der Waals surface area contributed by atoms with E-state index in [0.717, 1.165) is 31.4 Å². The third-order valence-electron chi connectivity index (χ3n) is 4.33. The van der Waals surface area contributed by atoms with E-state index in [1.54, 1.807) is 0 Å². The number of hydrogen-bond donors (Lipinski definition) is 2. The van der Waals surface area contributed by atoms with E-state index in [1.165, 1.54) is 20.3 Å². The lowest BCUT2D eigenvalue weighted by molar-refractivity contribution is -0.386. The molecule has 2 rings (SSSR count). The number of halogens is 3. The van der Waals surface area contributed by atoms with Crippen molar-refractivity contribution in [2.75, 3.05) is 34.5 Å². The first kappa shape index (κ1) is 25.5. The van der Waals surface area contributed by atoms with Crippen molar-refractivity contribution in [1.82, 2.24) is 5.32 Å². The molecule has 0 radical (unpaired) electrons. The number of nitrogens with one attached hydrogen (secondary N) is 1. The summed E-state index contributed by atoms with van der Waals surface area (Å²) < 4.78 is 58.6. The van der Waals surface area contributed by atoms with Crippen LogP contribution in [0.2, 0.25) is 0 Å². The molecule has 0 aliphatic heterocycles. The molecule has 10 nitrogen and oxygen atoms in total. The number of rotatable bonds is 10. The molecule has 180 valence electrons. The van der Waals surface area contributed by atoms with E-state index in [2.05, 4.69) is 5.32 Å². The number of hydrogen-bond acceptors (Lipinski definition) is 8. The van der Waals surface area contributed by atoms with Gasteiger partial charge in [0.2, 0.25) is 11.5 Å². The van der Waals surface area contributed by atoms with Gasteiger partial charge in [0, 0.05) is 12.6 Å². The minimum atomic E-state index is -4.55. The number of aliphatic hydroxyl groups excluding tert-OH is 1. The first-order chi connectivity index (χ1) is 15.5. The summed E-state index contributed by atoms with van der Waals surface area (Å²) >= 11 is 0. The van der Waals surface area contributed by atoms with E-state index < -0.39 is 53.1 Å². The summed E-state index contributed by atoms with van der Waals surface area (Å²) in [6, 6.07) is 5.15. The van der Waals surface area contributed by atoms with E-state index in [4.69, 9.17) is 18.9 Å². The molecule has 0 aromatic heterocycles. The highest BCUT2D eigenvalue weighted by Gasteiger charge is 2.33. The number of carbonyl (C=O) groups is 1. The third kappa shape index (κ3) is 6.16. The second kappa shape index (κ2) is 10.7. The normalized spacial score (nSPS) is 12.0. The van der Waals surface area contributed by atoms with Crippen molar-refractivity contribution in [1.29, 1.82) is 0 Å². The summed E-state index contributed by atoms with van der Waals surface area (Å²) in [4.78, 5) is 23.3. The van der Waals surface area contributed by atoms with Gasteiger partial charge in [-0.3, -0.25) is 14.9 Å². The van der Waals surface area contributed by atoms with Gasteiger partial charge in [-0.25, -0.2) is 0 Å². The van der Waals surface area contributed by atoms with Crippen molar-refractivity contribution in [3.63, 3.8) is 0 Å². The van der Waals surface area contributed by atoms with E-state index in [9.17, 15) is 33.2 Å². The number of benzene rings is 2.